The third-order valence-electron chi connectivity index (χ3n) is 5.70. The Labute approximate surface area is 203 Å². The van der Waals surface area contributed by atoms with Gasteiger partial charge in [0.1, 0.15) is 17.3 Å². The van der Waals surface area contributed by atoms with Gasteiger partial charge in [0, 0.05) is 43.0 Å². The van der Waals surface area contributed by atoms with Crippen molar-refractivity contribution in [1.29, 1.82) is 0 Å². The first-order chi connectivity index (χ1) is 17.0. The zero-order valence-corrected chi connectivity index (χ0v) is 20.1. The van der Waals surface area contributed by atoms with Gasteiger partial charge >= 0.3 is 5.56 Å². The van der Waals surface area contributed by atoms with Gasteiger partial charge in [-0.1, -0.05) is 25.1 Å². The van der Waals surface area contributed by atoms with Gasteiger partial charge in [-0.05, 0) is 43.2 Å². The Morgan fingerprint density at radius 1 is 1.09 bits per heavy atom. The molecule has 2 heterocycles. The van der Waals surface area contributed by atoms with Crippen molar-refractivity contribution in [3.63, 3.8) is 0 Å². The van der Waals surface area contributed by atoms with Gasteiger partial charge < -0.3 is 14.8 Å². The maximum atomic E-state index is 13.0. The van der Waals surface area contributed by atoms with Gasteiger partial charge in [-0.3, -0.25) is 18.6 Å². The van der Waals surface area contributed by atoms with Crippen LogP contribution in [0.4, 0.5) is 0 Å². The van der Waals surface area contributed by atoms with Crippen LogP contribution in [0.5, 0.6) is 11.5 Å². The summed E-state index contributed by atoms with van der Waals surface area (Å²) in [5.41, 5.74) is 1.61. The Kier molecular flexibility index (Phi) is 7.45. The minimum Gasteiger partial charge on any atom is -0.496 e. The molecule has 0 aliphatic carbocycles. The van der Waals surface area contributed by atoms with E-state index in [1.807, 2.05) is 62.4 Å². The fourth-order valence-electron chi connectivity index (χ4n) is 3.96. The third kappa shape index (κ3) is 5.51. The number of ether oxygens (including phenoxy) is 2. The van der Waals surface area contributed by atoms with Crippen LogP contribution in [-0.4, -0.2) is 38.8 Å². The van der Waals surface area contributed by atoms with Gasteiger partial charge in [0.15, 0.2) is 0 Å². The second-order valence-corrected chi connectivity index (χ2v) is 8.31. The van der Waals surface area contributed by atoms with Crippen LogP contribution in [0, 0.1) is 5.92 Å². The first kappa shape index (κ1) is 24.0. The highest BCUT2D eigenvalue weighted by atomic mass is 16.5. The van der Waals surface area contributed by atoms with Crippen LogP contribution in [0.3, 0.4) is 0 Å². The summed E-state index contributed by atoms with van der Waals surface area (Å²) in [4.78, 5) is 25.5. The molecule has 4 rings (SSSR count). The number of nitrogens with zero attached hydrogens (tertiary/aromatic N) is 4. The predicted octanol–water partition coefficient (Wildman–Crippen LogP) is 3.17. The van der Waals surface area contributed by atoms with Crippen molar-refractivity contribution in [3.05, 3.63) is 82.7 Å². The number of carbonyl (C=O) groups is 1. The first-order valence-electron chi connectivity index (χ1n) is 11.6. The van der Waals surface area contributed by atoms with Gasteiger partial charge in [-0.25, -0.2) is 0 Å². The smallest absolute Gasteiger partial charge is 0.300 e. The van der Waals surface area contributed by atoms with Crippen LogP contribution in [0.2, 0.25) is 0 Å². The lowest BCUT2D eigenvalue weighted by Crippen LogP contribution is -2.25. The molecule has 2 aromatic carbocycles. The number of nitrogens with one attached hydrogen (secondary N) is 1. The third-order valence-corrected chi connectivity index (χ3v) is 5.70. The summed E-state index contributed by atoms with van der Waals surface area (Å²) >= 11 is 0. The molecule has 182 valence electrons. The maximum absolute atomic E-state index is 13.0. The summed E-state index contributed by atoms with van der Waals surface area (Å²) < 4.78 is 14.0. The molecule has 35 heavy (non-hydrogen) atoms. The Morgan fingerprint density at radius 2 is 1.86 bits per heavy atom. The standard InChI is InChI=1S/C26H29N5O4/c1-4-35-21-11-9-20(10-12-21)30-13-14-31-23(28-29-25(31)26(30)33)15-18(2)16-24(32)27-17-19-7-5-6-8-22(19)34-3/h5-14,18H,4,15-17H2,1-3H3,(H,27,32). The van der Waals surface area contributed by atoms with E-state index >= 15 is 0 Å². The van der Waals surface area contributed by atoms with Gasteiger partial charge in [0.25, 0.3) is 0 Å². The number of methoxy groups -OCH3 is 1. The fourth-order valence-corrected chi connectivity index (χ4v) is 3.96. The van der Waals surface area contributed by atoms with E-state index in [0.717, 1.165) is 17.1 Å². The van der Waals surface area contributed by atoms with Crippen LogP contribution in [0.25, 0.3) is 11.3 Å². The number of carbonyl (C=O) groups excluding carboxylic acids is 1. The van der Waals surface area contributed by atoms with Gasteiger partial charge in [0.2, 0.25) is 11.6 Å². The minimum atomic E-state index is -0.266. The number of fused-ring (bicyclic) bond motifs is 1. The Balaban J connectivity index is 1.41. The lowest BCUT2D eigenvalue weighted by atomic mass is 10.0. The van der Waals surface area contributed by atoms with E-state index in [0.29, 0.717) is 37.5 Å². The number of hydrogen-bond donors (Lipinski definition) is 1. The number of rotatable bonds is 10. The molecule has 1 unspecified atom stereocenters. The van der Waals surface area contributed by atoms with Crippen molar-refractivity contribution in [1.82, 2.24) is 24.5 Å². The average molecular weight is 476 g/mol. The molecule has 0 saturated carbocycles. The van der Waals surface area contributed by atoms with Crippen molar-refractivity contribution >= 4 is 11.6 Å². The van der Waals surface area contributed by atoms with E-state index in [-0.39, 0.29) is 23.0 Å². The summed E-state index contributed by atoms with van der Waals surface area (Å²) in [5, 5.41) is 11.3. The maximum Gasteiger partial charge on any atom is 0.300 e. The topological polar surface area (TPSA) is 99.8 Å². The molecular formula is C26H29N5O4. The summed E-state index contributed by atoms with van der Waals surface area (Å²) in [6, 6.07) is 14.9. The predicted molar refractivity (Wildman–Crippen MR) is 132 cm³/mol. The molecule has 0 radical (unpaired) electrons. The molecule has 1 amide bonds. The number of hydrogen-bond acceptors (Lipinski definition) is 6. The highest BCUT2D eigenvalue weighted by Gasteiger charge is 2.16. The molecule has 0 aliphatic heterocycles. The van der Waals surface area contributed by atoms with Gasteiger partial charge in [-0.15, -0.1) is 10.2 Å². The van der Waals surface area contributed by atoms with E-state index in [1.165, 1.54) is 4.57 Å². The van der Waals surface area contributed by atoms with E-state index in [2.05, 4.69) is 15.5 Å². The molecular weight excluding hydrogens is 446 g/mol. The minimum absolute atomic E-state index is 0.00797. The zero-order valence-electron chi connectivity index (χ0n) is 20.1. The Morgan fingerprint density at radius 3 is 2.60 bits per heavy atom. The lowest BCUT2D eigenvalue weighted by molar-refractivity contribution is -0.122. The average Bonchev–Trinajstić information content (AvgIpc) is 3.27. The molecule has 9 heteroatoms. The van der Waals surface area contributed by atoms with Crippen molar-refractivity contribution in [2.75, 3.05) is 13.7 Å². The Bertz CT molecular complexity index is 1360. The highest BCUT2D eigenvalue weighted by Crippen LogP contribution is 2.18. The number of amides is 1. The van der Waals surface area contributed by atoms with Crippen LogP contribution >= 0.6 is 0 Å². The van der Waals surface area contributed by atoms with Crippen molar-refractivity contribution < 1.29 is 14.3 Å². The van der Waals surface area contributed by atoms with E-state index in [1.54, 1.807) is 23.9 Å². The number of aromatic nitrogens is 4. The molecule has 0 fully saturated rings. The molecule has 2 aromatic heterocycles. The van der Waals surface area contributed by atoms with Crippen molar-refractivity contribution in [3.8, 4) is 17.2 Å². The molecule has 0 aliphatic rings. The van der Waals surface area contributed by atoms with Crippen LogP contribution in [-0.2, 0) is 17.8 Å². The molecule has 1 N–H and O–H groups in total. The SMILES string of the molecule is CCOc1ccc(-n2ccn3c(CC(C)CC(=O)NCc4ccccc4OC)nnc3c2=O)cc1. The highest BCUT2D eigenvalue weighted by molar-refractivity contribution is 5.76. The molecule has 1 atom stereocenters. The van der Waals surface area contributed by atoms with E-state index in [4.69, 9.17) is 9.47 Å². The lowest BCUT2D eigenvalue weighted by Gasteiger charge is -2.12. The largest absolute Gasteiger partial charge is 0.496 e. The summed E-state index contributed by atoms with van der Waals surface area (Å²) in [5.74, 6) is 2.08. The monoisotopic (exact) mass is 475 g/mol. The van der Waals surface area contributed by atoms with Crippen LogP contribution in [0.15, 0.2) is 65.7 Å². The quantitative estimate of drug-likeness (QED) is 0.378. The second-order valence-electron chi connectivity index (χ2n) is 8.31. The molecule has 4 aromatic rings. The van der Waals surface area contributed by atoms with E-state index in [9.17, 15) is 9.59 Å². The van der Waals surface area contributed by atoms with Gasteiger partial charge in [0.05, 0.1) is 13.7 Å². The van der Waals surface area contributed by atoms with Gasteiger partial charge in [-0.2, -0.15) is 0 Å². The molecule has 9 nitrogen and oxygen atoms in total. The fraction of sp³-hybridized carbons (Fsp3) is 0.308. The zero-order chi connectivity index (χ0) is 24.8. The summed E-state index contributed by atoms with van der Waals surface area (Å²) in [6.07, 6.45) is 4.31. The number of para-hydroxylation sites is 1. The molecule has 0 bridgehead atoms. The second kappa shape index (κ2) is 10.9. The van der Waals surface area contributed by atoms with Crippen LogP contribution < -0.4 is 20.3 Å². The van der Waals surface area contributed by atoms with Crippen molar-refractivity contribution in [2.45, 2.75) is 33.2 Å². The number of benzene rings is 2. The first-order valence-corrected chi connectivity index (χ1v) is 11.6. The molecule has 0 saturated heterocycles. The normalized spacial score (nSPS) is 11.9. The van der Waals surface area contributed by atoms with Crippen LogP contribution in [0.1, 0.15) is 31.7 Å². The Hall–Kier alpha value is -4.14. The summed E-state index contributed by atoms with van der Waals surface area (Å²) in [7, 11) is 1.61. The van der Waals surface area contributed by atoms with Crippen molar-refractivity contribution in [2.24, 2.45) is 5.92 Å². The summed E-state index contributed by atoms with van der Waals surface area (Å²) in [6.45, 7) is 4.87. The van der Waals surface area contributed by atoms with E-state index < -0.39 is 0 Å². The molecule has 0 spiro atoms.